The van der Waals surface area contributed by atoms with Crippen LogP contribution < -0.4 is 5.32 Å². The number of hydrogen-bond donors (Lipinski definition) is 1. The van der Waals surface area contributed by atoms with E-state index >= 15 is 0 Å². The second-order valence-corrected chi connectivity index (χ2v) is 7.98. The average molecular weight is 425 g/mol. The molecule has 2 atom stereocenters. The summed E-state index contributed by atoms with van der Waals surface area (Å²) in [7, 11) is 0. The van der Waals surface area contributed by atoms with Gasteiger partial charge in [-0.1, -0.05) is 60.7 Å². The fraction of sp³-hybridized carbons (Fsp3) is 0.440. The van der Waals surface area contributed by atoms with Gasteiger partial charge in [0.05, 0.1) is 19.3 Å². The maximum absolute atomic E-state index is 12.7. The zero-order valence-electron chi connectivity index (χ0n) is 18.2. The largest absolute Gasteiger partial charge is 0.445 e. The fourth-order valence-corrected chi connectivity index (χ4v) is 3.91. The molecule has 0 bridgehead atoms. The van der Waals surface area contributed by atoms with E-state index in [9.17, 15) is 9.59 Å². The predicted molar refractivity (Wildman–Crippen MR) is 120 cm³/mol. The third-order valence-corrected chi connectivity index (χ3v) is 5.60. The van der Waals surface area contributed by atoms with Gasteiger partial charge < -0.3 is 19.6 Å². The van der Waals surface area contributed by atoms with E-state index in [0.717, 1.165) is 24.2 Å². The zero-order valence-corrected chi connectivity index (χ0v) is 18.2. The van der Waals surface area contributed by atoms with Crippen molar-refractivity contribution in [2.45, 2.75) is 38.3 Å². The molecule has 6 heteroatoms. The number of benzene rings is 2. The topological polar surface area (TPSA) is 67.9 Å². The third-order valence-electron chi connectivity index (χ3n) is 5.60. The van der Waals surface area contributed by atoms with Crippen molar-refractivity contribution in [3.05, 3.63) is 71.8 Å². The lowest BCUT2D eigenvalue weighted by Crippen LogP contribution is -2.50. The highest BCUT2D eigenvalue weighted by molar-refractivity contribution is 5.75. The molecule has 1 aliphatic rings. The first-order chi connectivity index (χ1) is 15.1. The number of amides is 1. The number of nitrogens with zero attached hydrogens (tertiary/aromatic N) is 1. The summed E-state index contributed by atoms with van der Waals surface area (Å²) in [6.07, 6.45) is 0.707. The number of carbonyl (C=O) groups excluding carboxylic acids is 2. The van der Waals surface area contributed by atoms with Gasteiger partial charge in [0.2, 0.25) is 0 Å². The molecule has 31 heavy (non-hydrogen) atoms. The highest BCUT2D eigenvalue weighted by Gasteiger charge is 2.28. The average Bonchev–Trinajstić information content (AvgIpc) is 2.80. The lowest BCUT2D eigenvalue weighted by atomic mass is 9.86. The molecule has 2 aromatic rings. The molecular formula is C25H32N2O4. The Kier molecular flexibility index (Phi) is 9.06. The zero-order chi connectivity index (χ0) is 21.9. The standard InChI is InChI=1S/C25H32N2O4/c1-20(28)12-13-23(22-10-6-3-7-11-22)24(18-27-14-16-30-17-15-27)26-25(29)31-19-21-8-4-2-5-9-21/h2-11,23-24H,12-19H2,1H3,(H,26,29)/t23-,24-/m0/s1. The number of ketones is 1. The molecule has 1 fully saturated rings. The minimum Gasteiger partial charge on any atom is -0.445 e. The van der Waals surface area contributed by atoms with E-state index in [1.165, 1.54) is 0 Å². The molecule has 1 heterocycles. The minimum absolute atomic E-state index is 0.0113. The molecule has 0 saturated carbocycles. The highest BCUT2D eigenvalue weighted by atomic mass is 16.5. The van der Waals surface area contributed by atoms with Crippen molar-refractivity contribution in [1.29, 1.82) is 0 Å². The molecule has 0 spiro atoms. The maximum Gasteiger partial charge on any atom is 0.407 e. The van der Waals surface area contributed by atoms with Gasteiger partial charge in [-0.2, -0.15) is 0 Å². The summed E-state index contributed by atoms with van der Waals surface area (Å²) in [6, 6.07) is 19.5. The Balaban J connectivity index is 1.73. The van der Waals surface area contributed by atoms with Gasteiger partial charge >= 0.3 is 6.09 Å². The van der Waals surface area contributed by atoms with Crippen LogP contribution in [0.4, 0.5) is 4.79 Å². The molecule has 3 rings (SSSR count). The molecule has 1 aliphatic heterocycles. The first-order valence-corrected chi connectivity index (χ1v) is 10.9. The summed E-state index contributed by atoms with van der Waals surface area (Å²) in [5.74, 6) is 0.162. The summed E-state index contributed by atoms with van der Waals surface area (Å²) < 4.78 is 11.0. The second kappa shape index (κ2) is 12.2. The van der Waals surface area contributed by atoms with Gasteiger partial charge in [0.15, 0.2) is 0 Å². The molecule has 1 N–H and O–H groups in total. The Morgan fingerprint density at radius 2 is 1.68 bits per heavy atom. The first-order valence-electron chi connectivity index (χ1n) is 10.9. The molecule has 0 aromatic heterocycles. The quantitative estimate of drug-likeness (QED) is 0.629. The van der Waals surface area contributed by atoms with E-state index in [2.05, 4.69) is 22.3 Å². The van der Waals surface area contributed by atoms with Crippen LogP contribution in [0.1, 0.15) is 36.8 Å². The molecule has 6 nitrogen and oxygen atoms in total. The number of hydrogen-bond acceptors (Lipinski definition) is 5. The van der Waals surface area contributed by atoms with Crippen LogP contribution in [0.5, 0.6) is 0 Å². The number of carbonyl (C=O) groups is 2. The van der Waals surface area contributed by atoms with Gasteiger partial charge in [0.1, 0.15) is 12.4 Å². The molecule has 166 valence electrons. The van der Waals surface area contributed by atoms with Crippen LogP contribution >= 0.6 is 0 Å². The molecule has 1 saturated heterocycles. The number of rotatable bonds is 10. The summed E-state index contributed by atoms with van der Waals surface area (Å²) in [6.45, 7) is 5.54. The Hall–Kier alpha value is -2.70. The smallest absolute Gasteiger partial charge is 0.407 e. The lowest BCUT2D eigenvalue weighted by molar-refractivity contribution is -0.117. The van der Waals surface area contributed by atoms with E-state index in [-0.39, 0.29) is 24.3 Å². The number of ether oxygens (including phenoxy) is 2. The van der Waals surface area contributed by atoms with E-state index in [0.29, 0.717) is 32.6 Å². The van der Waals surface area contributed by atoms with Gasteiger partial charge in [0, 0.05) is 32.0 Å². The van der Waals surface area contributed by atoms with Crippen LogP contribution in [-0.2, 0) is 20.9 Å². The van der Waals surface area contributed by atoms with Gasteiger partial charge in [-0.05, 0) is 24.5 Å². The van der Waals surface area contributed by atoms with Crippen molar-refractivity contribution in [1.82, 2.24) is 10.2 Å². The van der Waals surface area contributed by atoms with Crippen LogP contribution in [0, 0.1) is 0 Å². The van der Waals surface area contributed by atoms with Crippen molar-refractivity contribution in [3.63, 3.8) is 0 Å². The Morgan fingerprint density at radius 1 is 1.03 bits per heavy atom. The van der Waals surface area contributed by atoms with Crippen LogP contribution in [0.3, 0.4) is 0 Å². The van der Waals surface area contributed by atoms with E-state index < -0.39 is 6.09 Å². The number of morpholine rings is 1. The van der Waals surface area contributed by atoms with Crippen LogP contribution in [0.2, 0.25) is 0 Å². The SMILES string of the molecule is CC(=O)CC[C@@H](c1ccccc1)[C@H](CN1CCOCC1)NC(=O)OCc1ccccc1. The van der Waals surface area contributed by atoms with Gasteiger partial charge in [0.25, 0.3) is 0 Å². The summed E-state index contributed by atoms with van der Waals surface area (Å²) >= 11 is 0. The van der Waals surface area contributed by atoms with E-state index in [1.807, 2.05) is 48.5 Å². The van der Waals surface area contributed by atoms with Crippen LogP contribution in [0.25, 0.3) is 0 Å². The second-order valence-electron chi connectivity index (χ2n) is 7.98. The molecule has 2 aromatic carbocycles. The van der Waals surface area contributed by atoms with Crippen molar-refractivity contribution in [2.24, 2.45) is 0 Å². The van der Waals surface area contributed by atoms with Gasteiger partial charge in [-0.25, -0.2) is 4.79 Å². The number of nitrogens with one attached hydrogen (secondary N) is 1. The lowest BCUT2D eigenvalue weighted by Gasteiger charge is -2.35. The van der Waals surface area contributed by atoms with Crippen molar-refractivity contribution in [2.75, 3.05) is 32.8 Å². The predicted octanol–water partition coefficient (Wildman–Crippen LogP) is 3.77. The van der Waals surface area contributed by atoms with Crippen molar-refractivity contribution in [3.8, 4) is 0 Å². The summed E-state index contributed by atoms with van der Waals surface area (Å²) in [4.78, 5) is 26.7. The molecule has 0 radical (unpaired) electrons. The Morgan fingerprint density at radius 3 is 2.32 bits per heavy atom. The minimum atomic E-state index is -0.439. The normalized spacial score (nSPS) is 16.3. The Labute approximate surface area is 184 Å². The van der Waals surface area contributed by atoms with Crippen LogP contribution in [0.15, 0.2) is 60.7 Å². The molecule has 0 unspecified atom stereocenters. The molecule has 0 aliphatic carbocycles. The van der Waals surface area contributed by atoms with E-state index in [4.69, 9.17) is 9.47 Å². The molecule has 1 amide bonds. The first kappa shape index (κ1) is 23.0. The maximum atomic E-state index is 12.7. The molecular weight excluding hydrogens is 392 g/mol. The monoisotopic (exact) mass is 424 g/mol. The van der Waals surface area contributed by atoms with Crippen molar-refractivity contribution >= 4 is 11.9 Å². The fourth-order valence-electron chi connectivity index (χ4n) is 3.91. The highest BCUT2D eigenvalue weighted by Crippen LogP contribution is 2.26. The van der Waals surface area contributed by atoms with E-state index in [1.54, 1.807) is 6.92 Å². The summed E-state index contributed by atoms with van der Waals surface area (Å²) in [5, 5.41) is 3.10. The van der Waals surface area contributed by atoms with Crippen LogP contribution in [-0.4, -0.2) is 55.7 Å². The van der Waals surface area contributed by atoms with Crippen molar-refractivity contribution < 1.29 is 19.1 Å². The number of Topliss-reactive ketones (excluding diaryl/α,β-unsaturated/α-hetero) is 1. The Bertz CT molecular complexity index is 807. The number of alkyl carbamates (subject to hydrolysis) is 1. The third kappa shape index (κ3) is 7.81. The van der Waals surface area contributed by atoms with Gasteiger partial charge in [-0.15, -0.1) is 0 Å². The summed E-state index contributed by atoms with van der Waals surface area (Å²) in [5.41, 5.74) is 2.06. The van der Waals surface area contributed by atoms with Gasteiger partial charge in [-0.3, -0.25) is 4.90 Å².